The number of carbonyl (C=O) groups excluding carboxylic acids is 1. The number of oxazole rings is 1. The minimum absolute atomic E-state index is 0.0407. The lowest BCUT2D eigenvalue weighted by atomic mass is 10.0. The summed E-state index contributed by atoms with van der Waals surface area (Å²) in [7, 11) is 0. The molecule has 0 saturated carbocycles. The van der Waals surface area contributed by atoms with E-state index in [-0.39, 0.29) is 17.6 Å². The molecule has 3 heterocycles. The van der Waals surface area contributed by atoms with Crippen molar-refractivity contribution in [3.05, 3.63) is 77.3 Å². The van der Waals surface area contributed by atoms with Crippen LogP contribution < -0.4 is 0 Å². The van der Waals surface area contributed by atoms with Gasteiger partial charge < -0.3 is 19.5 Å². The van der Waals surface area contributed by atoms with Crippen molar-refractivity contribution in [2.75, 3.05) is 12.3 Å². The molecule has 0 aliphatic carbocycles. The van der Waals surface area contributed by atoms with E-state index in [1.54, 1.807) is 6.08 Å². The molecule has 1 saturated heterocycles. The van der Waals surface area contributed by atoms with E-state index in [0.717, 1.165) is 22.2 Å². The highest BCUT2D eigenvalue weighted by Crippen LogP contribution is 2.27. The molecule has 2 aromatic heterocycles. The van der Waals surface area contributed by atoms with Crippen molar-refractivity contribution in [3.63, 3.8) is 0 Å². The first-order chi connectivity index (χ1) is 18.0. The minimum Gasteiger partial charge on any atom is -0.476 e. The van der Waals surface area contributed by atoms with Gasteiger partial charge in [-0.05, 0) is 36.2 Å². The topological polar surface area (TPSA) is 117 Å². The second-order valence-electron chi connectivity index (χ2n) is 8.69. The van der Waals surface area contributed by atoms with Crippen LogP contribution in [-0.4, -0.2) is 61.4 Å². The summed E-state index contributed by atoms with van der Waals surface area (Å²) >= 11 is 2.73. The molecule has 0 radical (unpaired) electrons. The molecule has 37 heavy (non-hydrogen) atoms. The summed E-state index contributed by atoms with van der Waals surface area (Å²) in [6, 6.07) is 15.3. The number of hydrogen-bond acceptors (Lipinski definition) is 8. The second-order valence-corrected chi connectivity index (χ2v) is 10.9. The van der Waals surface area contributed by atoms with Gasteiger partial charge in [-0.15, -0.1) is 11.3 Å². The van der Waals surface area contributed by atoms with Crippen LogP contribution in [0, 0.1) is 0 Å². The minimum atomic E-state index is -1.04. The molecule has 4 aromatic rings. The van der Waals surface area contributed by atoms with Crippen molar-refractivity contribution < 1.29 is 24.2 Å². The Kier molecular flexibility index (Phi) is 7.68. The van der Waals surface area contributed by atoms with Crippen molar-refractivity contribution in [3.8, 4) is 11.5 Å². The first kappa shape index (κ1) is 25.2. The van der Waals surface area contributed by atoms with E-state index in [1.165, 1.54) is 28.5 Å². The summed E-state index contributed by atoms with van der Waals surface area (Å²) < 4.78 is 6.54. The maximum Gasteiger partial charge on any atom is 0.355 e. The highest BCUT2D eigenvalue weighted by Gasteiger charge is 2.28. The molecular formula is C27H25N3O5S2. The summed E-state index contributed by atoms with van der Waals surface area (Å²) in [5.74, 6) is 0.206. The van der Waals surface area contributed by atoms with Gasteiger partial charge in [0.25, 0.3) is 0 Å². The fraction of sp³-hybridized carbons (Fsp3) is 0.259. The highest BCUT2D eigenvalue weighted by molar-refractivity contribution is 8.01. The lowest BCUT2D eigenvalue weighted by Crippen LogP contribution is -2.33. The number of aromatic carboxylic acids is 1. The average molecular weight is 536 g/mol. The van der Waals surface area contributed by atoms with Gasteiger partial charge in [0.05, 0.1) is 12.1 Å². The number of carboxylic acids is 1. The van der Waals surface area contributed by atoms with Gasteiger partial charge in [0.2, 0.25) is 11.8 Å². The van der Waals surface area contributed by atoms with E-state index in [2.05, 4.69) is 9.97 Å². The Labute approximate surface area is 221 Å². The molecule has 2 aromatic carbocycles. The van der Waals surface area contributed by atoms with Crippen LogP contribution in [0.15, 0.2) is 74.8 Å². The van der Waals surface area contributed by atoms with Gasteiger partial charge in [-0.2, -0.15) is 0 Å². The van der Waals surface area contributed by atoms with E-state index in [0.29, 0.717) is 41.8 Å². The van der Waals surface area contributed by atoms with Gasteiger partial charge in [-0.3, -0.25) is 4.79 Å². The van der Waals surface area contributed by atoms with Gasteiger partial charge in [0, 0.05) is 36.1 Å². The fourth-order valence-corrected chi connectivity index (χ4v) is 6.10. The van der Waals surface area contributed by atoms with E-state index < -0.39 is 12.1 Å². The number of thiazole rings is 1. The Hall–Kier alpha value is -3.47. The highest BCUT2D eigenvalue weighted by atomic mass is 32.2. The number of nitrogens with zero attached hydrogens (tertiary/aromatic N) is 3. The fourth-order valence-electron chi connectivity index (χ4n) is 4.29. The first-order valence-corrected chi connectivity index (χ1v) is 13.7. The van der Waals surface area contributed by atoms with Crippen LogP contribution in [0.1, 0.15) is 28.9 Å². The van der Waals surface area contributed by atoms with E-state index in [9.17, 15) is 14.7 Å². The number of amides is 1. The number of para-hydroxylation sites is 2. The zero-order valence-corrected chi connectivity index (χ0v) is 21.5. The third-order valence-corrected chi connectivity index (χ3v) is 8.10. The smallest absolute Gasteiger partial charge is 0.355 e. The van der Waals surface area contributed by atoms with Crippen LogP contribution in [0.5, 0.6) is 0 Å². The monoisotopic (exact) mass is 535 g/mol. The maximum absolute atomic E-state index is 12.4. The molecule has 2 N–H and O–H groups in total. The van der Waals surface area contributed by atoms with E-state index >= 15 is 0 Å². The van der Waals surface area contributed by atoms with Gasteiger partial charge in [0.1, 0.15) is 5.52 Å². The first-order valence-electron chi connectivity index (χ1n) is 11.9. The molecule has 190 valence electrons. The Morgan fingerprint density at radius 1 is 1.24 bits per heavy atom. The third-order valence-electron chi connectivity index (χ3n) is 6.10. The Morgan fingerprint density at radius 2 is 2.11 bits per heavy atom. The molecule has 8 nitrogen and oxygen atoms in total. The van der Waals surface area contributed by atoms with Crippen LogP contribution in [0.4, 0.5) is 0 Å². The van der Waals surface area contributed by atoms with Crippen LogP contribution in [0.3, 0.4) is 0 Å². The second kappa shape index (κ2) is 11.3. The predicted molar refractivity (Wildman–Crippen MR) is 143 cm³/mol. The molecule has 1 fully saturated rings. The number of aromatic nitrogens is 2. The molecule has 5 rings (SSSR count). The summed E-state index contributed by atoms with van der Waals surface area (Å²) in [5.41, 5.74) is 3.38. The quantitative estimate of drug-likeness (QED) is 0.218. The summed E-state index contributed by atoms with van der Waals surface area (Å²) in [4.78, 5) is 33.8. The standard InChI is InChI=1S/C27H25N3O5S2/c31-20(15-17-4-3-5-18(14-17)25-28-21-6-1-2-7-23(21)35-25)10-8-19-9-11-24(32)30(19)12-13-36-27-29-22(16-37-27)26(33)34/h1-8,10,14,16,19-20,31H,9,11-13,15H2,(H,33,34)/b10-8+/t19-,20+/m0/s1. The number of fused-ring (bicyclic) bond motifs is 1. The van der Waals surface area contributed by atoms with E-state index in [1.807, 2.05) is 59.5 Å². The van der Waals surface area contributed by atoms with Gasteiger partial charge >= 0.3 is 5.97 Å². The number of carboxylic acid groups (broad SMARTS) is 1. The van der Waals surface area contributed by atoms with Crippen LogP contribution in [-0.2, 0) is 11.2 Å². The summed E-state index contributed by atoms with van der Waals surface area (Å²) in [6.07, 6.45) is 4.59. The normalized spacial score (nSPS) is 16.7. The lowest BCUT2D eigenvalue weighted by Gasteiger charge is -2.22. The summed E-state index contributed by atoms with van der Waals surface area (Å²) in [6.45, 7) is 0.531. The van der Waals surface area contributed by atoms with Gasteiger partial charge in [0.15, 0.2) is 15.6 Å². The SMILES string of the molecule is O=C(O)c1csc(SCCN2C(=O)CC[C@@H]2/C=C/[C@@H](O)Cc2cccc(-c3nc4ccccc4o3)c2)n1. The van der Waals surface area contributed by atoms with Crippen molar-refractivity contribution in [1.29, 1.82) is 0 Å². The molecular weight excluding hydrogens is 510 g/mol. The zero-order chi connectivity index (χ0) is 25.8. The van der Waals surface area contributed by atoms with Crippen molar-refractivity contribution >= 4 is 46.1 Å². The van der Waals surface area contributed by atoms with Crippen molar-refractivity contribution in [1.82, 2.24) is 14.9 Å². The number of likely N-dealkylation sites (tertiary alicyclic amines) is 1. The van der Waals surface area contributed by atoms with Crippen molar-refractivity contribution in [2.24, 2.45) is 0 Å². The third kappa shape index (κ3) is 6.10. The van der Waals surface area contributed by atoms with Gasteiger partial charge in [-0.1, -0.05) is 48.2 Å². The number of benzene rings is 2. The van der Waals surface area contributed by atoms with Gasteiger partial charge in [-0.25, -0.2) is 14.8 Å². The number of aliphatic hydroxyl groups is 1. The van der Waals surface area contributed by atoms with Crippen LogP contribution in [0.25, 0.3) is 22.6 Å². The Bertz CT molecular complexity index is 1410. The van der Waals surface area contributed by atoms with E-state index in [4.69, 9.17) is 9.52 Å². The Morgan fingerprint density at radius 3 is 2.92 bits per heavy atom. The molecule has 0 bridgehead atoms. The summed E-state index contributed by atoms with van der Waals surface area (Å²) in [5, 5.41) is 21.2. The molecule has 0 unspecified atom stereocenters. The molecule has 2 atom stereocenters. The largest absolute Gasteiger partial charge is 0.476 e. The zero-order valence-electron chi connectivity index (χ0n) is 19.8. The lowest BCUT2D eigenvalue weighted by molar-refractivity contribution is -0.128. The van der Waals surface area contributed by atoms with Crippen LogP contribution >= 0.6 is 23.1 Å². The molecule has 1 aliphatic heterocycles. The van der Waals surface area contributed by atoms with Crippen molar-refractivity contribution in [2.45, 2.75) is 35.7 Å². The number of rotatable bonds is 10. The molecule has 1 amide bonds. The number of carbonyl (C=O) groups is 2. The Balaban J connectivity index is 1.17. The predicted octanol–water partition coefficient (Wildman–Crippen LogP) is 4.89. The number of thioether (sulfide) groups is 1. The number of hydrogen-bond donors (Lipinski definition) is 2. The molecule has 1 aliphatic rings. The van der Waals surface area contributed by atoms with Crippen LogP contribution in [0.2, 0.25) is 0 Å². The average Bonchev–Trinajstić information content (AvgIpc) is 3.62. The molecule has 10 heteroatoms. The number of aliphatic hydroxyl groups excluding tert-OH is 1. The maximum atomic E-state index is 12.4. The molecule has 0 spiro atoms.